The SMILES string of the molecule is CN1CCN(C(=O)CSCCCO)CC1. The fourth-order valence-electron chi connectivity index (χ4n) is 1.47. The van der Waals surface area contributed by atoms with Gasteiger partial charge in [-0.05, 0) is 19.2 Å². The molecule has 1 heterocycles. The predicted molar refractivity (Wildman–Crippen MR) is 63.1 cm³/mol. The summed E-state index contributed by atoms with van der Waals surface area (Å²) >= 11 is 1.62. The summed E-state index contributed by atoms with van der Waals surface area (Å²) in [6.45, 7) is 3.89. The lowest BCUT2D eigenvalue weighted by Gasteiger charge is -2.32. The van der Waals surface area contributed by atoms with Crippen molar-refractivity contribution in [1.82, 2.24) is 9.80 Å². The first-order valence-corrected chi connectivity index (χ1v) is 6.54. The smallest absolute Gasteiger partial charge is 0.232 e. The van der Waals surface area contributed by atoms with Gasteiger partial charge in [-0.3, -0.25) is 4.79 Å². The summed E-state index contributed by atoms with van der Waals surface area (Å²) in [4.78, 5) is 15.9. The minimum atomic E-state index is 0.218. The molecule has 0 atom stereocenters. The molecule has 1 aliphatic rings. The Labute approximate surface area is 95.6 Å². The second kappa shape index (κ2) is 7.09. The van der Waals surface area contributed by atoms with Gasteiger partial charge >= 0.3 is 0 Å². The van der Waals surface area contributed by atoms with Crippen LogP contribution in [0.5, 0.6) is 0 Å². The molecule has 15 heavy (non-hydrogen) atoms. The summed E-state index contributed by atoms with van der Waals surface area (Å²) in [6.07, 6.45) is 0.778. The maximum absolute atomic E-state index is 11.7. The number of carbonyl (C=O) groups excluding carboxylic acids is 1. The second-order valence-electron chi connectivity index (χ2n) is 3.81. The summed E-state index contributed by atoms with van der Waals surface area (Å²) in [5.74, 6) is 1.67. The monoisotopic (exact) mass is 232 g/mol. The number of hydrogen-bond acceptors (Lipinski definition) is 4. The van der Waals surface area contributed by atoms with Crippen LogP contribution in [0.1, 0.15) is 6.42 Å². The molecule has 0 saturated carbocycles. The molecule has 1 amide bonds. The Morgan fingerprint density at radius 1 is 1.33 bits per heavy atom. The van der Waals surface area contributed by atoms with Crippen LogP contribution in [0.25, 0.3) is 0 Å². The van der Waals surface area contributed by atoms with Crippen molar-refractivity contribution in [2.75, 3.05) is 51.3 Å². The zero-order valence-electron chi connectivity index (χ0n) is 9.31. The third-order valence-corrected chi connectivity index (χ3v) is 3.56. The number of hydrogen-bond donors (Lipinski definition) is 1. The van der Waals surface area contributed by atoms with Gasteiger partial charge in [0, 0.05) is 32.8 Å². The number of aliphatic hydroxyl groups is 1. The topological polar surface area (TPSA) is 43.8 Å². The Bertz CT molecular complexity index is 194. The molecule has 1 fully saturated rings. The molecule has 0 spiro atoms. The van der Waals surface area contributed by atoms with Crippen molar-refractivity contribution >= 4 is 17.7 Å². The summed E-state index contributed by atoms with van der Waals surface area (Å²) in [6, 6.07) is 0. The number of amides is 1. The molecule has 4 nitrogen and oxygen atoms in total. The number of piperazine rings is 1. The van der Waals surface area contributed by atoms with Crippen LogP contribution >= 0.6 is 11.8 Å². The first-order valence-electron chi connectivity index (χ1n) is 5.39. The Balaban J connectivity index is 2.11. The Morgan fingerprint density at radius 2 is 2.00 bits per heavy atom. The summed E-state index contributed by atoms with van der Waals surface area (Å²) in [5.41, 5.74) is 0. The first-order chi connectivity index (χ1) is 7.24. The molecule has 0 aliphatic carbocycles. The molecule has 0 unspecified atom stereocenters. The first kappa shape index (κ1) is 12.8. The molecule has 88 valence electrons. The van der Waals surface area contributed by atoms with Gasteiger partial charge in [0.05, 0.1) is 5.75 Å². The van der Waals surface area contributed by atoms with Crippen molar-refractivity contribution in [3.8, 4) is 0 Å². The lowest BCUT2D eigenvalue weighted by molar-refractivity contribution is -0.129. The number of nitrogens with zero attached hydrogens (tertiary/aromatic N) is 2. The minimum Gasteiger partial charge on any atom is -0.396 e. The third-order valence-electron chi connectivity index (χ3n) is 2.53. The third kappa shape index (κ3) is 4.86. The zero-order valence-corrected chi connectivity index (χ0v) is 10.1. The van der Waals surface area contributed by atoms with E-state index in [1.54, 1.807) is 11.8 Å². The molecular formula is C10H20N2O2S. The number of aliphatic hydroxyl groups excluding tert-OH is 1. The van der Waals surface area contributed by atoms with E-state index in [-0.39, 0.29) is 12.5 Å². The van der Waals surface area contributed by atoms with E-state index in [1.165, 1.54) is 0 Å². The van der Waals surface area contributed by atoms with Crippen LogP contribution in [0.15, 0.2) is 0 Å². The van der Waals surface area contributed by atoms with Crippen molar-refractivity contribution in [2.24, 2.45) is 0 Å². The van der Waals surface area contributed by atoms with E-state index < -0.39 is 0 Å². The van der Waals surface area contributed by atoms with E-state index in [9.17, 15) is 4.79 Å². The van der Waals surface area contributed by atoms with E-state index in [0.717, 1.165) is 38.4 Å². The molecule has 1 rings (SSSR count). The highest BCUT2D eigenvalue weighted by molar-refractivity contribution is 7.99. The molecule has 0 radical (unpaired) electrons. The van der Waals surface area contributed by atoms with Crippen molar-refractivity contribution < 1.29 is 9.90 Å². The largest absolute Gasteiger partial charge is 0.396 e. The lowest BCUT2D eigenvalue weighted by Crippen LogP contribution is -2.47. The molecule has 1 saturated heterocycles. The van der Waals surface area contributed by atoms with Crippen LogP contribution in [-0.2, 0) is 4.79 Å². The van der Waals surface area contributed by atoms with E-state index in [2.05, 4.69) is 11.9 Å². The lowest BCUT2D eigenvalue weighted by atomic mass is 10.3. The van der Waals surface area contributed by atoms with E-state index >= 15 is 0 Å². The normalized spacial score (nSPS) is 18.1. The molecule has 5 heteroatoms. The van der Waals surface area contributed by atoms with Gasteiger partial charge in [-0.15, -0.1) is 0 Å². The quantitative estimate of drug-likeness (QED) is 0.671. The number of rotatable bonds is 5. The van der Waals surface area contributed by atoms with Gasteiger partial charge in [-0.25, -0.2) is 0 Å². The Hall–Kier alpha value is -0.260. The maximum Gasteiger partial charge on any atom is 0.232 e. The van der Waals surface area contributed by atoms with Crippen LogP contribution in [-0.4, -0.2) is 72.2 Å². The fourth-order valence-corrected chi connectivity index (χ4v) is 2.31. The van der Waals surface area contributed by atoms with E-state index in [4.69, 9.17) is 5.11 Å². The average molecular weight is 232 g/mol. The highest BCUT2D eigenvalue weighted by Gasteiger charge is 2.18. The summed E-state index contributed by atoms with van der Waals surface area (Å²) < 4.78 is 0. The molecule has 0 aromatic rings. The molecule has 1 N–H and O–H groups in total. The number of thioether (sulfide) groups is 1. The highest BCUT2D eigenvalue weighted by Crippen LogP contribution is 2.06. The van der Waals surface area contributed by atoms with Gasteiger partial charge in [-0.1, -0.05) is 0 Å². The standard InChI is InChI=1S/C10H20N2O2S/c1-11-3-5-12(6-4-11)10(14)9-15-8-2-7-13/h13H,2-9H2,1H3. The van der Waals surface area contributed by atoms with Crippen LogP contribution in [0.4, 0.5) is 0 Å². The van der Waals surface area contributed by atoms with Gasteiger partial charge in [0.1, 0.15) is 0 Å². The van der Waals surface area contributed by atoms with Gasteiger partial charge in [0.25, 0.3) is 0 Å². The molecule has 0 aromatic carbocycles. The zero-order chi connectivity index (χ0) is 11.1. The van der Waals surface area contributed by atoms with Crippen LogP contribution in [0.3, 0.4) is 0 Å². The van der Waals surface area contributed by atoms with E-state index in [1.807, 2.05) is 4.90 Å². The van der Waals surface area contributed by atoms with Gasteiger partial charge in [-0.2, -0.15) is 11.8 Å². The Morgan fingerprint density at radius 3 is 2.60 bits per heavy atom. The Kier molecular flexibility index (Phi) is 6.05. The summed E-state index contributed by atoms with van der Waals surface area (Å²) in [5, 5.41) is 8.60. The second-order valence-corrected chi connectivity index (χ2v) is 4.92. The van der Waals surface area contributed by atoms with Crippen LogP contribution < -0.4 is 0 Å². The number of carbonyl (C=O) groups is 1. The van der Waals surface area contributed by atoms with Gasteiger partial charge in [0.2, 0.25) is 5.91 Å². The van der Waals surface area contributed by atoms with Crippen LogP contribution in [0.2, 0.25) is 0 Å². The summed E-state index contributed by atoms with van der Waals surface area (Å²) in [7, 11) is 2.08. The average Bonchev–Trinajstić information content (AvgIpc) is 2.25. The molecule has 1 aliphatic heterocycles. The van der Waals surface area contributed by atoms with Gasteiger partial charge < -0.3 is 14.9 Å². The molecule has 0 aromatic heterocycles. The van der Waals surface area contributed by atoms with Crippen molar-refractivity contribution in [1.29, 1.82) is 0 Å². The minimum absolute atomic E-state index is 0.218. The molecule has 0 bridgehead atoms. The fraction of sp³-hybridized carbons (Fsp3) is 0.900. The van der Waals surface area contributed by atoms with E-state index in [0.29, 0.717) is 5.75 Å². The van der Waals surface area contributed by atoms with Gasteiger partial charge in [0.15, 0.2) is 0 Å². The predicted octanol–water partition coefficient (Wildman–Crippen LogP) is -0.124. The van der Waals surface area contributed by atoms with Crippen LogP contribution in [0, 0.1) is 0 Å². The van der Waals surface area contributed by atoms with Crippen molar-refractivity contribution in [3.63, 3.8) is 0 Å². The van der Waals surface area contributed by atoms with Crippen molar-refractivity contribution in [3.05, 3.63) is 0 Å². The van der Waals surface area contributed by atoms with Crippen molar-refractivity contribution in [2.45, 2.75) is 6.42 Å². The molecular weight excluding hydrogens is 212 g/mol. The number of likely N-dealkylation sites (N-methyl/N-ethyl adjacent to an activating group) is 1. The highest BCUT2D eigenvalue weighted by atomic mass is 32.2. The maximum atomic E-state index is 11.7.